The number of ketones is 1. The monoisotopic (exact) mass is 744 g/mol. The molecule has 274 valence electrons. The number of fused-ring (bicyclic) bond motifs is 2. The minimum absolute atomic E-state index is 0.0340. The summed E-state index contributed by atoms with van der Waals surface area (Å²) in [5.41, 5.74) is 3.80. The molecule has 1 unspecified atom stereocenters. The maximum absolute atomic E-state index is 13.0. The fourth-order valence-corrected chi connectivity index (χ4v) is 9.18. The van der Waals surface area contributed by atoms with Crippen LogP contribution in [0.4, 0.5) is 19.0 Å². The Hall–Kier alpha value is -3.62. The number of alkyl halides is 3. The molecular formula is C35H43F3N8O3S2. The molecule has 11 nitrogen and oxygen atoms in total. The first kappa shape index (κ1) is 37.1. The number of carbonyl (C=O) groups is 1. The second-order valence-corrected chi connectivity index (χ2v) is 16.9. The third-order valence-corrected chi connectivity index (χ3v) is 12.5. The summed E-state index contributed by atoms with van der Waals surface area (Å²) in [6.07, 6.45) is 0.0932. The molecule has 1 aromatic carbocycles. The number of Topliss-reactive ketones (excluding diaryl/α,β-unsaturated/α-hetero) is 1. The number of sulfonamides is 1. The number of thiophene rings is 1. The van der Waals surface area contributed by atoms with Gasteiger partial charge >= 0.3 is 6.18 Å². The van der Waals surface area contributed by atoms with Crippen LogP contribution in [0.2, 0.25) is 0 Å². The van der Waals surface area contributed by atoms with E-state index in [1.807, 2.05) is 10.6 Å². The number of piperazine rings is 1. The fourth-order valence-electron chi connectivity index (χ4n) is 7.33. The average molecular weight is 745 g/mol. The number of hydrogen-bond acceptors (Lipinski definition) is 10. The van der Waals surface area contributed by atoms with E-state index in [0.29, 0.717) is 67.3 Å². The molecule has 0 aliphatic carbocycles. The van der Waals surface area contributed by atoms with Gasteiger partial charge in [0.05, 0.1) is 18.1 Å². The summed E-state index contributed by atoms with van der Waals surface area (Å²) in [5, 5.41) is 15.3. The van der Waals surface area contributed by atoms with E-state index in [0.717, 1.165) is 60.3 Å². The lowest BCUT2D eigenvalue weighted by Gasteiger charge is -2.38. The van der Waals surface area contributed by atoms with Crippen molar-refractivity contribution >= 4 is 54.1 Å². The highest BCUT2D eigenvalue weighted by Gasteiger charge is 2.31. The molecule has 5 heterocycles. The molecule has 0 saturated carbocycles. The van der Waals surface area contributed by atoms with E-state index in [1.165, 1.54) is 22.5 Å². The Balaban J connectivity index is 1.12. The molecule has 6 rings (SSSR count). The van der Waals surface area contributed by atoms with E-state index in [2.05, 4.69) is 50.2 Å². The Morgan fingerprint density at radius 3 is 2.47 bits per heavy atom. The van der Waals surface area contributed by atoms with E-state index >= 15 is 0 Å². The number of nitriles is 1. The maximum Gasteiger partial charge on any atom is 0.393 e. The molecule has 2 aliphatic rings. The van der Waals surface area contributed by atoms with Crippen molar-refractivity contribution in [3.05, 3.63) is 52.3 Å². The predicted octanol–water partition coefficient (Wildman–Crippen LogP) is 5.32. The van der Waals surface area contributed by atoms with Gasteiger partial charge in [0.15, 0.2) is 0 Å². The first-order valence-electron chi connectivity index (χ1n) is 17.2. The van der Waals surface area contributed by atoms with Crippen LogP contribution >= 0.6 is 11.3 Å². The quantitative estimate of drug-likeness (QED) is 0.205. The normalized spacial score (nSPS) is 18.0. The standard InChI is InChI=1S/C35H43F3N8O3S2/c1-23(47)4-6-27(44-12-14-45(15-13-44)51(3,48)49)21-46-28(19-39)16-30-24(2)25(5-7-32(30)46)20-43-10-8-26(9-11-43)42-33-31-17-29(18-35(36,37)38)50-34(31)41-22-40-33/h5,7,16-17,22,26-27H,4,6,8-15,18,20-21H2,1-3H3,(H,40,41,42). The van der Waals surface area contributed by atoms with Crippen LogP contribution in [-0.2, 0) is 34.3 Å². The zero-order chi connectivity index (χ0) is 36.5. The van der Waals surface area contributed by atoms with Crippen molar-refractivity contribution in [2.45, 2.75) is 77.3 Å². The molecule has 51 heavy (non-hydrogen) atoms. The molecule has 4 aromatic rings. The molecule has 1 N–H and O–H groups in total. The first-order chi connectivity index (χ1) is 24.2. The molecule has 0 radical (unpaired) electrons. The Morgan fingerprint density at radius 1 is 1.10 bits per heavy atom. The Kier molecular flexibility index (Phi) is 11.0. The molecule has 2 fully saturated rings. The topological polar surface area (TPSA) is 127 Å². The van der Waals surface area contributed by atoms with Crippen molar-refractivity contribution in [2.24, 2.45) is 0 Å². The molecule has 0 bridgehead atoms. The average Bonchev–Trinajstić information content (AvgIpc) is 3.65. The minimum Gasteiger partial charge on any atom is -0.367 e. The van der Waals surface area contributed by atoms with Crippen molar-refractivity contribution in [3.63, 3.8) is 0 Å². The lowest BCUT2D eigenvalue weighted by molar-refractivity contribution is -0.126. The SMILES string of the molecule is CC(=O)CCC(Cn1c(C#N)cc2c(C)c(CN3CCC(Nc4ncnc5sc(CC(F)(F)F)cc45)CC3)ccc21)N1CCN(S(C)(=O)=O)CC1. The summed E-state index contributed by atoms with van der Waals surface area (Å²) < 4.78 is 66.6. The number of hydrogen-bond donors (Lipinski definition) is 1. The number of rotatable bonds is 12. The van der Waals surface area contributed by atoms with Crippen molar-refractivity contribution in [2.75, 3.05) is 50.8 Å². The summed E-state index contributed by atoms with van der Waals surface area (Å²) in [6.45, 7) is 8.52. The highest BCUT2D eigenvalue weighted by molar-refractivity contribution is 7.88. The van der Waals surface area contributed by atoms with Crippen molar-refractivity contribution in [1.29, 1.82) is 5.26 Å². The highest BCUT2D eigenvalue weighted by Crippen LogP contribution is 2.34. The van der Waals surface area contributed by atoms with Gasteiger partial charge in [-0.3, -0.25) is 9.80 Å². The number of anilines is 1. The highest BCUT2D eigenvalue weighted by atomic mass is 32.2. The molecule has 2 aliphatic heterocycles. The lowest BCUT2D eigenvalue weighted by Crippen LogP contribution is -2.52. The van der Waals surface area contributed by atoms with Gasteiger partial charge in [0.25, 0.3) is 0 Å². The molecular weight excluding hydrogens is 702 g/mol. The van der Waals surface area contributed by atoms with E-state index in [-0.39, 0.29) is 22.7 Å². The zero-order valence-corrected chi connectivity index (χ0v) is 30.7. The van der Waals surface area contributed by atoms with E-state index in [4.69, 9.17) is 0 Å². The van der Waals surface area contributed by atoms with Crippen LogP contribution in [0.1, 0.15) is 54.3 Å². The minimum atomic E-state index is -4.28. The van der Waals surface area contributed by atoms with Crippen LogP contribution in [0.25, 0.3) is 21.1 Å². The van der Waals surface area contributed by atoms with Gasteiger partial charge in [-0.25, -0.2) is 18.4 Å². The number of halogens is 3. The summed E-state index contributed by atoms with van der Waals surface area (Å²) in [4.78, 5) is 25.9. The van der Waals surface area contributed by atoms with E-state index < -0.39 is 22.6 Å². The third kappa shape index (κ3) is 8.89. The van der Waals surface area contributed by atoms with Gasteiger partial charge in [-0.2, -0.15) is 22.7 Å². The number of nitrogens with zero attached hydrogens (tertiary/aromatic N) is 7. The molecule has 0 spiro atoms. The lowest BCUT2D eigenvalue weighted by atomic mass is 10.0. The maximum atomic E-state index is 13.0. The Bertz CT molecular complexity index is 2040. The molecule has 16 heteroatoms. The molecule has 1 atom stereocenters. The number of nitrogens with one attached hydrogen (secondary N) is 1. The number of likely N-dealkylation sites (tertiary alicyclic amines) is 1. The van der Waals surface area contributed by atoms with Gasteiger partial charge in [0.2, 0.25) is 10.0 Å². The van der Waals surface area contributed by atoms with Gasteiger partial charge in [-0.1, -0.05) is 6.07 Å². The summed E-state index contributed by atoms with van der Waals surface area (Å²) in [6, 6.07) is 10.2. The van der Waals surface area contributed by atoms with E-state index in [1.54, 1.807) is 13.0 Å². The van der Waals surface area contributed by atoms with Gasteiger partial charge < -0.3 is 14.7 Å². The first-order valence-corrected chi connectivity index (χ1v) is 19.8. The van der Waals surface area contributed by atoms with Crippen molar-refractivity contribution in [3.8, 4) is 6.07 Å². The van der Waals surface area contributed by atoms with Crippen LogP contribution in [0.5, 0.6) is 0 Å². The molecule has 3 aromatic heterocycles. The van der Waals surface area contributed by atoms with Gasteiger partial charge in [0.1, 0.15) is 34.5 Å². The predicted molar refractivity (Wildman–Crippen MR) is 192 cm³/mol. The smallest absolute Gasteiger partial charge is 0.367 e. The van der Waals surface area contributed by atoms with Crippen molar-refractivity contribution < 1.29 is 26.4 Å². The Labute approximate surface area is 300 Å². The van der Waals surface area contributed by atoms with Crippen LogP contribution in [0.3, 0.4) is 0 Å². The fraction of sp³-hybridized carbons (Fsp3) is 0.543. The van der Waals surface area contributed by atoms with Crippen molar-refractivity contribution in [1.82, 2.24) is 28.6 Å². The second-order valence-electron chi connectivity index (χ2n) is 13.8. The molecule has 2 saturated heterocycles. The van der Waals surface area contributed by atoms with Gasteiger partial charge in [-0.15, -0.1) is 11.3 Å². The number of piperidine rings is 1. The molecule has 0 amide bonds. The largest absolute Gasteiger partial charge is 0.393 e. The van der Waals surface area contributed by atoms with Gasteiger partial charge in [-0.05, 0) is 62.4 Å². The van der Waals surface area contributed by atoms with Crippen LogP contribution in [0, 0.1) is 18.3 Å². The third-order valence-electron chi connectivity index (χ3n) is 10.1. The Morgan fingerprint density at radius 2 is 1.82 bits per heavy atom. The van der Waals surface area contributed by atoms with E-state index in [9.17, 15) is 31.6 Å². The number of aromatic nitrogens is 3. The van der Waals surface area contributed by atoms with Crippen LogP contribution in [0.15, 0.2) is 30.6 Å². The number of aryl methyl sites for hydroxylation is 1. The summed E-state index contributed by atoms with van der Waals surface area (Å²) in [5.74, 6) is 0.669. The number of benzene rings is 1. The number of carbonyl (C=O) groups excluding carboxylic acids is 1. The zero-order valence-electron chi connectivity index (χ0n) is 29.0. The summed E-state index contributed by atoms with van der Waals surface area (Å²) in [7, 11) is -3.27. The van der Waals surface area contributed by atoms with Crippen LogP contribution < -0.4 is 5.32 Å². The second kappa shape index (κ2) is 15.2. The van der Waals surface area contributed by atoms with Gasteiger partial charge in [0, 0.05) is 86.6 Å². The summed E-state index contributed by atoms with van der Waals surface area (Å²) >= 11 is 1.05. The van der Waals surface area contributed by atoms with Crippen LogP contribution in [-0.4, -0.2) is 107 Å².